The SMILES string of the molecule is O=C(c1ccc(F)cc1F)N(Cc1ccccc1)Cc1nc2ccccc2c(=O)[nH]1. The Balaban J connectivity index is 1.72. The van der Waals surface area contributed by atoms with Crippen LogP contribution in [-0.2, 0) is 13.1 Å². The highest BCUT2D eigenvalue weighted by Gasteiger charge is 2.21. The first-order valence-corrected chi connectivity index (χ1v) is 9.27. The van der Waals surface area contributed by atoms with Crippen molar-refractivity contribution in [2.45, 2.75) is 13.1 Å². The lowest BCUT2D eigenvalue weighted by atomic mass is 10.1. The third-order valence-corrected chi connectivity index (χ3v) is 4.67. The molecule has 1 heterocycles. The molecule has 1 amide bonds. The van der Waals surface area contributed by atoms with Crippen LogP contribution in [0, 0.1) is 11.6 Å². The van der Waals surface area contributed by atoms with Gasteiger partial charge in [0.05, 0.1) is 23.0 Å². The van der Waals surface area contributed by atoms with E-state index in [-0.39, 0.29) is 30.0 Å². The van der Waals surface area contributed by atoms with Gasteiger partial charge in [-0.1, -0.05) is 42.5 Å². The predicted octanol–water partition coefficient (Wildman–Crippen LogP) is 4.04. The minimum absolute atomic E-state index is 0.0510. The third-order valence-electron chi connectivity index (χ3n) is 4.67. The first-order valence-electron chi connectivity index (χ1n) is 9.27. The van der Waals surface area contributed by atoms with Gasteiger partial charge in [-0.05, 0) is 29.8 Å². The number of rotatable bonds is 5. The lowest BCUT2D eigenvalue weighted by Gasteiger charge is -2.23. The van der Waals surface area contributed by atoms with Gasteiger partial charge in [-0.3, -0.25) is 9.59 Å². The van der Waals surface area contributed by atoms with Crippen molar-refractivity contribution in [2.75, 3.05) is 0 Å². The molecule has 0 saturated heterocycles. The standard InChI is InChI=1S/C23H17F2N3O2/c24-16-10-11-17(19(25)12-16)23(30)28(13-15-6-2-1-3-7-15)14-21-26-20-9-5-4-8-18(20)22(29)27-21/h1-12H,13-14H2,(H,26,27,29). The van der Waals surface area contributed by atoms with Crippen LogP contribution in [0.25, 0.3) is 10.9 Å². The second-order valence-electron chi connectivity index (χ2n) is 6.80. The quantitative estimate of drug-likeness (QED) is 0.545. The maximum absolute atomic E-state index is 14.3. The summed E-state index contributed by atoms with van der Waals surface area (Å²) < 4.78 is 27.5. The fourth-order valence-corrected chi connectivity index (χ4v) is 3.23. The van der Waals surface area contributed by atoms with Gasteiger partial charge >= 0.3 is 0 Å². The molecule has 150 valence electrons. The summed E-state index contributed by atoms with van der Waals surface area (Å²) in [4.78, 5) is 33.9. The second kappa shape index (κ2) is 8.24. The molecule has 7 heteroatoms. The normalized spacial score (nSPS) is 10.9. The number of aromatic nitrogens is 2. The van der Waals surface area contributed by atoms with E-state index >= 15 is 0 Å². The largest absolute Gasteiger partial charge is 0.327 e. The van der Waals surface area contributed by atoms with Gasteiger partial charge in [0.2, 0.25) is 0 Å². The number of para-hydroxylation sites is 1. The number of nitrogens with one attached hydrogen (secondary N) is 1. The first-order chi connectivity index (χ1) is 14.5. The number of carbonyl (C=O) groups is 1. The molecule has 0 atom stereocenters. The monoisotopic (exact) mass is 405 g/mol. The van der Waals surface area contributed by atoms with Gasteiger partial charge in [0.1, 0.15) is 17.5 Å². The van der Waals surface area contributed by atoms with Gasteiger partial charge in [-0.2, -0.15) is 0 Å². The van der Waals surface area contributed by atoms with Crippen LogP contribution >= 0.6 is 0 Å². The molecule has 0 aliphatic rings. The van der Waals surface area contributed by atoms with Crippen molar-refractivity contribution in [2.24, 2.45) is 0 Å². The number of hydrogen-bond acceptors (Lipinski definition) is 3. The van der Waals surface area contributed by atoms with Crippen LogP contribution < -0.4 is 5.56 Å². The zero-order valence-electron chi connectivity index (χ0n) is 15.8. The molecule has 0 spiro atoms. The molecule has 0 saturated carbocycles. The molecule has 1 N–H and O–H groups in total. The minimum atomic E-state index is -0.946. The lowest BCUT2D eigenvalue weighted by molar-refractivity contribution is 0.0720. The maximum atomic E-state index is 14.3. The van der Waals surface area contributed by atoms with Crippen LogP contribution in [0.1, 0.15) is 21.7 Å². The number of carbonyl (C=O) groups excluding carboxylic acids is 1. The van der Waals surface area contributed by atoms with E-state index in [2.05, 4.69) is 9.97 Å². The van der Waals surface area contributed by atoms with E-state index in [4.69, 9.17) is 0 Å². The van der Waals surface area contributed by atoms with Crippen LogP contribution in [0.5, 0.6) is 0 Å². The summed E-state index contributed by atoms with van der Waals surface area (Å²) >= 11 is 0. The van der Waals surface area contributed by atoms with Gasteiger partial charge in [0, 0.05) is 12.6 Å². The number of benzene rings is 3. The van der Waals surface area contributed by atoms with E-state index in [1.54, 1.807) is 24.3 Å². The highest BCUT2D eigenvalue weighted by molar-refractivity contribution is 5.94. The summed E-state index contributed by atoms with van der Waals surface area (Å²) in [5, 5.41) is 0.437. The molecule has 1 aromatic heterocycles. The van der Waals surface area contributed by atoms with E-state index in [0.717, 1.165) is 17.7 Å². The van der Waals surface area contributed by atoms with Crippen LogP contribution in [0.15, 0.2) is 77.6 Å². The number of fused-ring (bicyclic) bond motifs is 1. The Morgan fingerprint density at radius 2 is 1.67 bits per heavy atom. The Morgan fingerprint density at radius 1 is 0.933 bits per heavy atom. The number of H-pyrrole nitrogens is 1. The van der Waals surface area contributed by atoms with E-state index in [9.17, 15) is 18.4 Å². The summed E-state index contributed by atoms with van der Waals surface area (Å²) in [6.45, 7) is 0.109. The summed E-state index contributed by atoms with van der Waals surface area (Å²) in [6, 6.07) is 18.8. The molecule has 0 fully saturated rings. The van der Waals surface area contributed by atoms with Crippen molar-refractivity contribution in [1.29, 1.82) is 0 Å². The van der Waals surface area contributed by atoms with Crippen molar-refractivity contribution in [3.05, 3.63) is 112 Å². The maximum Gasteiger partial charge on any atom is 0.258 e. The van der Waals surface area contributed by atoms with Gasteiger partial charge in [-0.25, -0.2) is 13.8 Å². The zero-order chi connectivity index (χ0) is 21.1. The fourth-order valence-electron chi connectivity index (χ4n) is 3.23. The molecule has 5 nitrogen and oxygen atoms in total. The highest BCUT2D eigenvalue weighted by atomic mass is 19.1. The average Bonchev–Trinajstić information content (AvgIpc) is 2.74. The van der Waals surface area contributed by atoms with Crippen molar-refractivity contribution in [3.63, 3.8) is 0 Å². The van der Waals surface area contributed by atoms with Crippen molar-refractivity contribution in [1.82, 2.24) is 14.9 Å². The number of halogens is 2. The van der Waals surface area contributed by atoms with E-state index < -0.39 is 17.5 Å². The summed E-state index contributed by atoms with van der Waals surface area (Å²) in [5.41, 5.74) is 0.735. The van der Waals surface area contributed by atoms with E-state index in [1.165, 1.54) is 4.90 Å². The molecule has 4 aromatic rings. The second-order valence-corrected chi connectivity index (χ2v) is 6.80. The van der Waals surface area contributed by atoms with Crippen molar-refractivity contribution in [3.8, 4) is 0 Å². The molecular weight excluding hydrogens is 388 g/mol. The van der Waals surface area contributed by atoms with E-state index in [0.29, 0.717) is 17.0 Å². The van der Waals surface area contributed by atoms with Gasteiger partial charge in [0.15, 0.2) is 0 Å². The highest BCUT2D eigenvalue weighted by Crippen LogP contribution is 2.17. The zero-order valence-corrected chi connectivity index (χ0v) is 15.8. The Labute approximate surface area is 170 Å². The summed E-state index contributed by atoms with van der Waals surface area (Å²) in [5.74, 6) is -2.07. The van der Waals surface area contributed by atoms with Gasteiger partial charge < -0.3 is 9.88 Å². The molecule has 0 aliphatic carbocycles. The Bertz CT molecular complexity index is 1270. The molecular formula is C23H17F2N3O2. The molecule has 30 heavy (non-hydrogen) atoms. The molecule has 3 aromatic carbocycles. The average molecular weight is 405 g/mol. The minimum Gasteiger partial charge on any atom is -0.327 e. The summed E-state index contributed by atoms with van der Waals surface area (Å²) in [7, 11) is 0. The topological polar surface area (TPSA) is 66.1 Å². The van der Waals surface area contributed by atoms with Crippen LogP contribution in [0.2, 0.25) is 0 Å². The van der Waals surface area contributed by atoms with Crippen molar-refractivity contribution < 1.29 is 13.6 Å². The Morgan fingerprint density at radius 3 is 2.43 bits per heavy atom. The van der Waals surface area contributed by atoms with Crippen LogP contribution in [0.4, 0.5) is 8.78 Å². The summed E-state index contributed by atoms with van der Waals surface area (Å²) in [6.07, 6.45) is 0. The smallest absolute Gasteiger partial charge is 0.258 e. The molecule has 4 rings (SSSR count). The van der Waals surface area contributed by atoms with E-state index in [1.807, 2.05) is 30.3 Å². The Hall–Kier alpha value is -3.87. The Kier molecular flexibility index (Phi) is 5.34. The molecule has 0 radical (unpaired) electrons. The lowest BCUT2D eigenvalue weighted by Crippen LogP contribution is -2.32. The van der Waals surface area contributed by atoms with Crippen molar-refractivity contribution >= 4 is 16.8 Å². The third kappa shape index (κ3) is 4.10. The number of nitrogens with zero attached hydrogens (tertiary/aromatic N) is 2. The first kappa shape index (κ1) is 19.4. The molecule has 0 aliphatic heterocycles. The van der Waals surface area contributed by atoms with Crippen LogP contribution in [-0.4, -0.2) is 20.8 Å². The van der Waals surface area contributed by atoms with Gasteiger partial charge in [0.25, 0.3) is 11.5 Å². The van der Waals surface area contributed by atoms with Gasteiger partial charge in [-0.15, -0.1) is 0 Å². The number of amides is 1. The van der Waals surface area contributed by atoms with Crippen LogP contribution in [0.3, 0.4) is 0 Å². The number of hydrogen-bond donors (Lipinski definition) is 1. The fraction of sp³-hybridized carbons (Fsp3) is 0.0870. The number of aromatic amines is 1. The molecule has 0 unspecified atom stereocenters. The molecule has 0 bridgehead atoms. The predicted molar refractivity (Wildman–Crippen MR) is 109 cm³/mol.